The highest BCUT2D eigenvalue weighted by molar-refractivity contribution is 7.98. The minimum atomic E-state index is -2.36. The van der Waals surface area contributed by atoms with E-state index in [0.717, 1.165) is 43.8 Å². The van der Waals surface area contributed by atoms with E-state index in [2.05, 4.69) is 33.9 Å². The lowest BCUT2D eigenvalue weighted by Gasteiger charge is -2.50. The van der Waals surface area contributed by atoms with Crippen molar-refractivity contribution < 1.29 is 47.5 Å². The van der Waals surface area contributed by atoms with E-state index in [4.69, 9.17) is 37.6 Å². The number of ether oxygens (including phenoxy) is 7. The number of fused-ring (bicyclic) bond motifs is 2. The van der Waals surface area contributed by atoms with Crippen LogP contribution in [-0.2, 0) is 74.4 Å². The van der Waals surface area contributed by atoms with E-state index in [1.54, 1.807) is 12.1 Å². The number of hydrogen-bond acceptors (Lipinski definition) is 11. The predicted octanol–water partition coefficient (Wildman–Crippen LogP) is 15.2. The van der Waals surface area contributed by atoms with Crippen LogP contribution in [0.2, 0.25) is 18.1 Å². The smallest absolute Gasteiger partial charge is 0.201 e. The van der Waals surface area contributed by atoms with Gasteiger partial charge >= 0.3 is 0 Å². The average Bonchev–Trinajstić information content (AvgIpc) is 1.30. The van der Waals surface area contributed by atoms with Crippen LogP contribution >= 0.6 is 11.8 Å². The van der Waals surface area contributed by atoms with Crippen LogP contribution in [0, 0.1) is 0 Å². The summed E-state index contributed by atoms with van der Waals surface area (Å²) in [7, 11) is -2.36. The molecule has 6 atom stereocenters. The molecule has 0 spiro atoms. The van der Waals surface area contributed by atoms with Crippen LogP contribution in [0.3, 0.4) is 0 Å². The Morgan fingerprint density at radius 2 is 0.939 bits per heavy atom. The first-order valence-corrected chi connectivity index (χ1v) is 32.4. The number of hydrogen-bond donors (Lipinski definition) is 1. The molecule has 1 saturated heterocycles. The molecular formula is C70H74O10SSi. The normalized spacial score (nSPS) is 18.8. The van der Waals surface area contributed by atoms with Gasteiger partial charge in [-0.2, -0.15) is 0 Å². The van der Waals surface area contributed by atoms with Crippen LogP contribution in [0.5, 0.6) is 17.2 Å². The molecular weight excluding hydrogens is 1060 g/mol. The fraction of sp³-hybridized carbons (Fsp3) is 0.300. The van der Waals surface area contributed by atoms with Crippen molar-refractivity contribution in [2.75, 3.05) is 12.9 Å². The number of carbonyl (C=O) groups excluding carboxylic acids is 1. The van der Waals surface area contributed by atoms with Crippen molar-refractivity contribution in [2.24, 2.45) is 0 Å². The molecule has 0 bridgehead atoms. The van der Waals surface area contributed by atoms with Crippen molar-refractivity contribution in [3.05, 3.63) is 261 Å². The highest BCUT2D eigenvalue weighted by Gasteiger charge is 2.55. The first-order chi connectivity index (χ1) is 39.9. The van der Waals surface area contributed by atoms with Crippen molar-refractivity contribution in [2.45, 2.75) is 126 Å². The van der Waals surface area contributed by atoms with Gasteiger partial charge in [0.1, 0.15) is 54.9 Å². The van der Waals surface area contributed by atoms with Crippen molar-refractivity contribution in [3.8, 4) is 17.2 Å². The van der Waals surface area contributed by atoms with E-state index >= 15 is 4.79 Å². The van der Waals surface area contributed by atoms with Crippen molar-refractivity contribution in [1.29, 1.82) is 0 Å². The number of thioether (sulfide) groups is 1. The first kappa shape index (κ1) is 58.4. The standard InChI is InChI=1S/C70H74O10SSi/c1-70(2,3)82(5,6)79-46-54-39-55(71)59-63(69(54)81-4)62(60-56(74-41-49-27-15-8-16-28-49)37-38-57(61(60)64(59)72)75-42-50-29-17-9-18-30-50)66-68(78-45-53-35-23-12-24-36-53)67(77-44-52-33-21-11-22-34-52)65(76-43-51-31-19-10-20-32-51)58(80-66)47-73-40-48-25-13-7-14-26-48/h7-39,58,62,65-68,71H,40-47H2,1-6H3/t58-,62?,65-,66+,67+,68+/m1/s1. The van der Waals surface area contributed by atoms with Gasteiger partial charge < -0.3 is 42.7 Å². The molecule has 1 aliphatic heterocycles. The van der Waals surface area contributed by atoms with Crippen LogP contribution in [0.4, 0.5) is 0 Å². The Kier molecular flexibility index (Phi) is 19.2. The van der Waals surface area contributed by atoms with Crippen LogP contribution in [-0.4, -0.2) is 62.6 Å². The minimum Gasteiger partial charge on any atom is -0.507 e. The number of phenols is 1. The van der Waals surface area contributed by atoms with Crippen molar-refractivity contribution in [1.82, 2.24) is 0 Å². The summed E-state index contributed by atoms with van der Waals surface area (Å²) in [6.07, 6.45) is -2.22. The molecule has 8 aromatic carbocycles. The largest absolute Gasteiger partial charge is 0.507 e. The second-order valence-corrected chi connectivity index (χ2v) is 28.2. The summed E-state index contributed by atoms with van der Waals surface area (Å²) in [5.74, 6) is -0.669. The third-order valence-corrected chi connectivity index (χ3v) is 21.3. The summed E-state index contributed by atoms with van der Waals surface area (Å²) in [5.41, 5.74) is 8.02. The number of phenolic OH excluding ortho intramolecular Hbond substituents is 1. The lowest BCUT2D eigenvalue weighted by atomic mass is 9.70. The van der Waals surface area contributed by atoms with Gasteiger partial charge in [-0.3, -0.25) is 4.79 Å². The van der Waals surface area contributed by atoms with Gasteiger partial charge in [0.2, 0.25) is 5.78 Å². The second kappa shape index (κ2) is 27.0. The minimum absolute atomic E-state index is 0.103. The maximum atomic E-state index is 16.1. The monoisotopic (exact) mass is 1130 g/mol. The van der Waals surface area contributed by atoms with Gasteiger partial charge in [-0.05, 0) is 87.1 Å². The quantitative estimate of drug-likeness (QED) is 0.0461. The van der Waals surface area contributed by atoms with Gasteiger partial charge in [0.15, 0.2) is 8.32 Å². The molecule has 8 aromatic rings. The van der Waals surface area contributed by atoms with Crippen LogP contribution in [0.1, 0.15) is 92.7 Å². The molecule has 82 heavy (non-hydrogen) atoms. The summed E-state index contributed by atoms with van der Waals surface area (Å²) in [6.45, 7) is 12.7. The number of ketones is 1. The Balaban J connectivity index is 1.22. The lowest BCUT2D eigenvalue weighted by molar-refractivity contribution is -0.275. The van der Waals surface area contributed by atoms with Crippen LogP contribution in [0.25, 0.3) is 0 Å². The van der Waals surface area contributed by atoms with E-state index in [-0.39, 0.29) is 68.2 Å². The zero-order valence-corrected chi connectivity index (χ0v) is 49.5. The third-order valence-electron chi connectivity index (χ3n) is 15.9. The number of carbonyl (C=O) groups is 1. The molecule has 1 aliphatic carbocycles. The highest BCUT2D eigenvalue weighted by atomic mass is 32.2. The van der Waals surface area contributed by atoms with Gasteiger partial charge in [-0.25, -0.2) is 0 Å². The molecule has 1 heterocycles. The second-order valence-electron chi connectivity index (χ2n) is 22.6. The molecule has 1 fully saturated rings. The molecule has 12 heteroatoms. The lowest BCUT2D eigenvalue weighted by Crippen LogP contribution is -2.62. The van der Waals surface area contributed by atoms with E-state index in [0.29, 0.717) is 29.2 Å². The molecule has 2 aliphatic rings. The number of benzene rings is 8. The average molecular weight is 1140 g/mol. The highest BCUT2D eigenvalue weighted by Crippen LogP contribution is 2.55. The van der Waals surface area contributed by atoms with Crippen LogP contribution < -0.4 is 9.47 Å². The maximum absolute atomic E-state index is 16.1. The Labute approximate surface area is 488 Å². The molecule has 1 unspecified atom stereocenters. The third kappa shape index (κ3) is 13.8. The summed E-state index contributed by atoms with van der Waals surface area (Å²) in [4.78, 5) is 16.9. The molecule has 0 aromatic heterocycles. The molecule has 10 rings (SSSR count). The van der Waals surface area contributed by atoms with Gasteiger partial charge in [-0.15, -0.1) is 11.8 Å². The zero-order valence-electron chi connectivity index (χ0n) is 47.7. The molecule has 1 N–H and O–H groups in total. The molecule has 0 radical (unpaired) electrons. The van der Waals surface area contributed by atoms with Gasteiger partial charge in [-0.1, -0.05) is 203 Å². The number of rotatable bonds is 24. The van der Waals surface area contributed by atoms with E-state index in [9.17, 15) is 5.11 Å². The molecule has 424 valence electrons. The summed E-state index contributed by atoms with van der Waals surface area (Å²) in [5, 5.41) is 12.7. The predicted molar refractivity (Wildman–Crippen MR) is 325 cm³/mol. The fourth-order valence-electron chi connectivity index (χ4n) is 10.6. The zero-order chi connectivity index (χ0) is 57.1. The fourth-order valence-corrected chi connectivity index (χ4v) is 12.4. The molecule has 0 saturated carbocycles. The van der Waals surface area contributed by atoms with Crippen molar-refractivity contribution in [3.63, 3.8) is 0 Å². The SMILES string of the molecule is CSc1c(CO[Si](C)(C)C(C)(C)C)cc(O)c2c1C([C@@H]1O[C@H](COCc3ccccc3)[C@@H](OCc3ccccc3)[C@H](OCc3ccccc3)[C@H]1OCc1ccccc1)c1c(OCc3ccccc3)ccc(OCc3ccccc3)c1C2=O. The Morgan fingerprint density at radius 1 is 0.512 bits per heavy atom. The Hall–Kier alpha value is -6.84. The topological polar surface area (TPSA) is 111 Å². The van der Waals surface area contributed by atoms with Gasteiger partial charge in [0.25, 0.3) is 0 Å². The number of aromatic hydroxyl groups is 1. The van der Waals surface area contributed by atoms with E-state index < -0.39 is 50.5 Å². The van der Waals surface area contributed by atoms with Crippen molar-refractivity contribution >= 4 is 25.9 Å². The van der Waals surface area contributed by atoms with Gasteiger partial charge in [0, 0.05) is 16.4 Å². The molecule has 10 nitrogen and oxygen atoms in total. The summed E-state index contributed by atoms with van der Waals surface area (Å²) >= 11 is 1.51. The first-order valence-electron chi connectivity index (χ1n) is 28.2. The summed E-state index contributed by atoms with van der Waals surface area (Å²) in [6, 6.07) is 65.5. The Morgan fingerprint density at radius 3 is 1.41 bits per heavy atom. The van der Waals surface area contributed by atoms with Gasteiger partial charge in [0.05, 0.1) is 56.9 Å². The summed E-state index contributed by atoms with van der Waals surface area (Å²) < 4.78 is 57.4. The van der Waals surface area contributed by atoms with E-state index in [1.807, 2.05) is 194 Å². The molecule has 0 amide bonds. The van der Waals surface area contributed by atoms with Crippen LogP contribution in [0.15, 0.2) is 205 Å². The maximum Gasteiger partial charge on any atom is 0.201 e. The van der Waals surface area contributed by atoms with E-state index in [1.165, 1.54) is 11.8 Å². The Bertz CT molecular complexity index is 3330.